The normalized spacial score (nSPS) is 14.7. The van der Waals surface area contributed by atoms with Crippen LogP contribution in [-0.2, 0) is 6.54 Å². The van der Waals surface area contributed by atoms with Crippen molar-refractivity contribution < 1.29 is 19.2 Å². The Hall–Kier alpha value is -2.87. The van der Waals surface area contributed by atoms with Gasteiger partial charge in [0.05, 0.1) is 17.2 Å². The molecule has 2 aromatic rings. The molecule has 126 valence electrons. The first kappa shape index (κ1) is 16.0. The van der Waals surface area contributed by atoms with Crippen molar-refractivity contribution in [3.05, 3.63) is 52.0 Å². The van der Waals surface area contributed by atoms with Crippen LogP contribution in [0.25, 0.3) is 0 Å². The number of non-ortho nitro benzene ring substituents is 1. The number of amides is 1. The molecule has 1 fully saturated rings. The van der Waals surface area contributed by atoms with E-state index < -0.39 is 10.8 Å². The highest BCUT2D eigenvalue weighted by Gasteiger charge is 2.18. The molecule has 2 N–H and O–H groups in total. The minimum absolute atomic E-state index is 0.0355. The number of benzene rings is 1. The molecule has 0 aliphatic carbocycles. The Bertz CT molecular complexity index is 765. The van der Waals surface area contributed by atoms with Crippen LogP contribution in [0.2, 0.25) is 0 Å². The second-order valence-electron chi connectivity index (χ2n) is 5.66. The van der Waals surface area contributed by atoms with Crippen LogP contribution in [0.5, 0.6) is 5.75 Å². The van der Waals surface area contributed by atoms with Crippen LogP contribution in [0.1, 0.15) is 29.2 Å². The molecular formula is C16H17N3O5. The van der Waals surface area contributed by atoms with Crippen LogP contribution in [0, 0.1) is 10.1 Å². The fourth-order valence-corrected chi connectivity index (χ4v) is 2.67. The van der Waals surface area contributed by atoms with Crippen molar-refractivity contribution in [2.75, 3.05) is 18.4 Å². The molecule has 0 unspecified atom stereocenters. The number of likely N-dealkylation sites (tertiary alicyclic amines) is 1. The summed E-state index contributed by atoms with van der Waals surface area (Å²) in [6.07, 6.45) is 2.33. The van der Waals surface area contributed by atoms with Gasteiger partial charge < -0.3 is 14.8 Å². The van der Waals surface area contributed by atoms with Gasteiger partial charge in [-0.1, -0.05) is 0 Å². The maximum absolute atomic E-state index is 12.2. The van der Waals surface area contributed by atoms with E-state index >= 15 is 0 Å². The number of nitrogens with zero attached hydrogens (tertiary/aromatic N) is 2. The topological polar surface area (TPSA) is 109 Å². The fourth-order valence-electron chi connectivity index (χ4n) is 2.67. The van der Waals surface area contributed by atoms with Gasteiger partial charge in [0.2, 0.25) is 0 Å². The van der Waals surface area contributed by atoms with Crippen molar-refractivity contribution in [2.45, 2.75) is 19.4 Å². The Morgan fingerprint density at radius 2 is 2.04 bits per heavy atom. The molecule has 0 atom stereocenters. The lowest BCUT2D eigenvalue weighted by molar-refractivity contribution is -0.384. The van der Waals surface area contributed by atoms with Gasteiger partial charge in [0.25, 0.3) is 11.6 Å². The molecule has 0 radical (unpaired) electrons. The van der Waals surface area contributed by atoms with Gasteiger partial charge in [-0.25, -0.2) is 0 Å². The first-order valence-corrected chi connectivity index (χ1v) is 7.63. The van der Waals surface area contributed by atoms with Crippen molar-refractivity contribution in [1.29, 1.82) is 0 Å². The maximum Gasteiger partial charge on any atom is 0.291 e. The molecule has 1 aromatic carbocycles. The molecule has 8 nitrogen and oxygen atoms in total. The third kappa shape index (κ3) is 3.54. The third-order valence-corrected chi connectivity index (χ3v) is 3.90. The number of furan rings is 1. The van der Waals surface area contributed by atoms with Crippen molar-refractivity contribution in [3.8, 4) is 5.75 Å². The molecule has 3 rings (SSSR count). The van der Waals surface area contributed by atoms with E-state index in [0.717, 1.165) is 31.3 Å². The van der Waals surface area contributed by atoms with Gasteiger partial charge in [0, 0.05) is 12.1 Å². The van der Waals surface area contributed by atoms with E-state index in [1.807, 2.05) is 0 Å². The minimum Gasteiger partial charge on any atom is -0.506 e. The number of nitro groups is 1. The molecular weight excluding hydrogens is 314 g/mol. The molecule has 1 aliphatic heterocycles. The van der Waals surface area contributed by atoms with Gasteiger partial charge >= 0.3 is 0 Å². The summed E-state index contributed by atoms with van der Waals surface area (Å²) < 4.78 is 5.53. The molecule has 2 heterocycles. The number of carbonyl (C=O) groups is 1. The minimum atomic E-state index is -0.601. The highest BCUT2D eigenvalue weighted by molar-refractivity contribution is 6.03. The third-order valence-electron chi connectivity index (χ3n) is 3.90. The largest absolute Gasteiger partial charge is 0.506 e. The summed E-state index contributed by atoms with van der Waals surface area (Å²) in [4.78, 5) is 24.6. The number of anilines is 1. The molecule has 24 heavy (non-hydrogen) atoms. The van der Waals surface area contributed by atoms with Crippen molar-refractivity contribution in [3.63, 3.8) is 0 Å². The van der Waals surface area contributed by atoms with Gasteiger partial charge in [-0.05, 0) is 44.1 Å². The number of hydrogen-bond acceptors (Lipinski definition) is 6. The van der Waals surface area contributed by atoms with Crippen LogP contribution in [0.15, 0.2) is 34.7 Å². The van der Waals surface area contributed by atoms with Gasteiger partial charge in [-0.2, -0.15) is 0 Å². The average molecular weight is 331 g/mol. The summed E-state index contributed by atoms with van der Waals surface area (Å²) in [5.74, 6) is -0.0447. The van der Waals surface area contributed by atoms with E-state index in [1.165, 1.54) is 12.8 Å². The zero-order valence-electron chi connectivity index (χ0n) is 12.9. The SMILES string of the molecule is O=C(Nc1cc([N+](=O)[O-])ccc1O)c1ccc(CN2CCCC2)o1. The summed E-state index contributed by atoms with van der Waals surface area (Å²) in [5.41, 5.74) is -0.260. The lowest BCUT2D eigenvalue weighted by Crippen LogP contribution is -2.18. The van der Waals surface area contributed by atoms with Gasteiger partial charge in [-0.3, -0.25) is 19.8 Å². The molecule has 0 saturated carbocycles. The van der Waals surface area contributed by atoms with Crippen LogP contribution in [0.3, 0.4) is 0 Å². The van der Waals surface area contributed by atoms with E-state index in [0.29, 0.717) is 12.3 Å². The molecule has 0 bridgehead atoms. The first-order valence-electron chi connectivity index (χ1n) is 7.63. The highest BCUT2D eigenvalue weighted by Crippen LogP contribution is 2.28. The highest BCUT2D eigenvalue weighted by atomic mass is 16.6. The molecule has 0 spiro atoms. The number of phenols is 1. The number of nitro benzene ring substituents is 1. The summed E-state index contributed by atoms with van der Waals surface area (Å²) in [5, 5.41) is 22.9. The Labute approximate surface area is 137 Å². The van der Waals surface area contributed by atoms with Crippen LogP contribution in [-0.4, -0.2) is 33.9 Å². The average Bonchev–Trinajstić information content (AvgIpc) is 3.21. The number of rotatable bonds is 5. The van der Waals surface area contributed by atoms with Gasteiger partial charge in [0.1, 0.15) is 11.5 Å². The number of phenolic OH excluding ortho intramolecular Hbond substituents is 1. The standard InChI is InChI=1S/C16H17N3O5/c20-14-5-3-11(19(22)23)9-13(14)17-16(21)15-6-4-12(24-15)10-18-7-1-2-8-18/h3-6,9,20H,1-2,7-8,10H2,(H,17,21). The lowest BCUT2D eigenvalue weighted by Gasteiger charge is -2.11. The van der Waals surface area contributed by atoms with E-state index in [1.54, 1.807) is 12.1 Å². The number of carbonyl (C=O) groups excluding carboxylic acids is 1. The zero-order valence-corrected chi connectivity index (χ0v) is 12.9. The number of hydrogen-bond donors (Lipinski definition) is 2. The summed E-state index contributed by atoms with van der Waals surface area (Å²) in [6, 6.07) is 6.71. The van der Waals surface area contributed by atoms with E-state index in [9.17, 15) is 20.0 Å². The van der Waals surface area contributed by atoms with Gasteiger partial charge in [-0.15, -0.1) is 0 Å². The second kappa shape index (κ2) is 6.71. The van der Waals surface area contributed by atoms with Crippen molar-refractivity contribution in [1.82, 2.24) is 4.90 Å². The summed E-state index contributed by atoms with van der Waals surface area (Å²) in [6.45, 7) is 2.68. The van der Waals surface area contributed by atoms with E-state index in [4.69, 9.17) is 4.42 Å². The van der Waals surface area contributed by atoms with Gasteiger partial charge in [0.15, 0.2) is 5.76 Å². The second-order valence-corrected chi connectivity index (χ2v) is 5.66. The van der Waals surface area contributed by atoms with Crippen LogP contribution >= 0.6 is 0 Å². The molecule has 1 aliphatic rings. The molecule has 1 aromatic heterocycles. The van der Waals surface area contributed by atoms with E-state index in [2.05, 4.69) is 10.2 Å². The quantitative estimate of drug-likeness (QED) is 0.495. The number of nitrogens with one attached hydrogen (secondary N) is 1. The number of aromatic hydroxyl groups is 1. The monoisotopic (exact) mass is 331 g/mol. The Morgan fingerprint density at radius 3 is 2.75 bits per heavy atom. The fraction of sp³-hybridized carbons (Fsp3) is 0.312. The first-order chi connectivity index (χ1) is 11.5. The molecule has 1 saturated heterocycles. The lowest BCUT2D eigenvalue weighted by atomic mass is 10.2. The Balaban J connectivity index is 1.70. The Morgan fingerprint density at radius 1 is 1.29 bits per heavy atom. The predicted molar refractivity (Wildman–Crippen MR) is 85.9 cm³/mol. The summed E-state index contributed by atoms with van der Waals surface area (Å²) in [7, 11) is 0. The maximum atomic E-state index is 12.2. The molecule has 1 amide bonds. The predicted octanol–water partition coefficient (Wildman–Crippen LogP) is 2.74. The Kier molecular flexibility index (Phi) is 4.48. The van der Waals surface area contributed by atoms with Crippen LogP contribution < -0.4 is 5.32 Å². The molecule has 8 heteroatoms. The van der Waals surface area contributed by atoms with E-state index in [-0.39, 0.29) is 22.9 Å². The van der Waals surface area contributed by atoms with Crippen molar-refractivity contribution in [2.24, 2.45) is 0 Å². The zero-order chi connectivity index (χ0) is 17.1. The smallest absolute Gasteiger partial charge is 0.291 e. The van der Waals surface area contributed by atoms with Crippen molar-refractivity contribution >= 4 is 17.3 Å². The van der Waals surface area contributed by atoms with Crippen LogP contribution in [0.4, 0.5) is 11.4 Å². The summed E-state index contributed by atoms with van der Waals surface area (Å²) >= 11 is 0.